The van der Waals surface area contributed by atoms with E-state index in [1.54, 1.807) is 20.8 Å². The minimum absolute atomic E-state index is 0.286. The monoisotopic (exact) mass is 259 g/mol. The van der Waals surface area contributed by atoms with Gasteiger partial charge in [-0.25, -0.2) is 4.79 Å². The highest BCUT2D eigenvalue weighted by Crippen LogP contribution is 2.01. The van der Waals surface area contributed by atoms with E-state index in [4.69, 9.17) is 5.11 Å². The van der Waals surface area contributed by atoms with Crippen LogP contribution in [0.4, 0.5) is 4.79 Å². The largest absolute Gasteiger partial charge is 0.481 e. The van der Waals surface area contributed by atoms with Crippen LogP contribution in [0.1, 0.15) is 27.7 Å². The first-order valence-corrected chi connectivity index (χ1v) is 5.87. The van der Waals surface area contributed by atoms with Crippen LogP contribution >= 0.6 is 0 Å². The Kier molecular flexibility index (Phi) is 6.77. The molecule has 0 radical (unpaired) electrons. The molecule has 0 aromatic rings. The van der Waals surface area contributed by atoms with E-state index >= 15 is 0 Å². The number of hydrogen-bond acceptors (Lipinski definition) is 3. The predicted octanol–water partition coefficient (Wildman–Crippen LogP) is -0.0806. The van der Waals surface area contributed by atoms with Crippen LogP contribution < -0.4 is 16.0 Å². The van der Waals surface area contributed by atoms with E-state index < -0.39 is 30.0 Å². The molecule has 0 aromatic heterocycles. The summed E-state index contributed by atoms with van der Waals surface area (Å²) in [4.78, 5) is 33.6. The predicted molar refractivity (Wildman–Crippen MR) is 66.1 cm³/mol. The molecule has 7 heteroatoms. The zero-order valence-corrected chi connectivity index (χ0v) is 11.1. The molecule has 18 heavy (non-hydrogen) atoms. The Balaban J connectivity index is 4.19. The highest BCUT2D eigenvalue weighted by molar-refractivity contribution is 5.86. The smallest absolute Gasteiger partial charge is 0.315 e. The summed E-state index contributed by atoms with van der Waals surface area (Å²) in [5.74, 6) is -1.97. The van der Waals surface area contributed by atoms with Crippen LogP contribution in [0.2, 0.25) is 0 Å². The van der Waals surface area contributed by atoms with Gasteiger partial charge in [-0.05, 0) is 27.7 Å². The highest BCUT2D eigenvalue weighted by atomic mass is 16.4. The van der Waals surface area contributed by atoms with Crippen molar-refractivity contribution in [2.24, 2.45) is 5.92 Å². The summed E-state index contributed by atoms with van der Waals surface area (Å²) in [6.07, 6.45) is 0. The maximum absolute atomic E-state index is 11.5. The molecule has 0 saturated carbocycles. The molecule has 0 spiro atoms. The molecule has 3 atom stereocenters. The summed E-state index contributed by atoms with van der Waals surface area (Å²) in [5, 5.41) is 16.3. The van der Waals surface area contributed by atoms with Crippen molar-refractivity contribution in [3.8, 4) is 0 Å². The van der Waals surface area contributed by atoms with Gasteiger partial charge in [-0.2, -0.15) is 0 Å². The lowest BCUT2D eigenvalue weighted by Gasteiger charge is -2.20. The molecule has 4 N–H and O–H groups in total. The SMILES string of the molecule is CCNC(=O)C(C)NC(=O)NC(C)C(C)C(=O)O. The quantitative estimate of drug-likeness (QED) is 0.535. The lowest BCUT2D eigenvalue weighted by Crippen LogP contribution is -2.51. The molecule has 0 rings (SSSR count). The van der Waals surface area contributed by atoms with Crippen LogP contribution in [-0.4, -0.2) is 41.6 Å². The summed E-state index contributed by atoms with van der Waals surface area (Å²) in [6, 6.07) is -1.75. The molecule has 0 aliphatic rings. The third-order valence-corrected chi connectivity index (χ3v) is 2.59. The van der Waals surface area contributed by atoms with Crippen molar-refractivity contribution in [2.75, 3.05) is 6.54 Å². The molecule has 0 heterocycles. The fourth-order valence-electron chi connectivity index (χ4n) is 1.18. The van der Waals surface area contributed by atoms with Crippen LogP contribution in [0, 0.1) is 5.92 Å². The van der Waals surface area contributed by atoms with Crippen molar-refractivity contribution in [1.29, 1.82) is 0 Å². The molecular weight excluding hydrogens is 238 g/mol. The minimum Gasteiger partial charge on any atom is -0.481 e. The number of urea groups is 1. The van der Waals surface area contributed by atoms with Crippen LogP contribution in [0.5, 0.6) is 0 Å². The van der Waals surface area contributed by atoms with Crippen molar-refractivity contribution < 1.29 is 19.5 Å². The third kappa shape index (κ3) is 5.51. The van der Waals surface area contributed by atoms with Crippen molar-refractivity contribution in [3.63, 3.8) is 0 Å². The lowest BCUT2D eigenvalue weighted by atomic mass is 10.0. The maximum Gasteiger partial charge on any atom is 0.315 e. The number of amides is 3. The van der Waals surface area contributed by atoms with Gasteiger partial charge in [0.2, 0.25) is 5.91 Å². The van der Waals surface area contributed by atoms with E-state index in [1.807, 2.05) is 0 Å². The Bertz CT molecular complexity index is 319. The van der Waals surface area contributed by atoms with E-state index in [1.165, 1.54) is 6.92 Å². The van der Waals surface area contributed by atoms with Crippen molar-refractivity contribution in [1.82, 2.24) is 16.0 Å². The molecule has 0 fully saturated rings. The van der Waals surface area contributed by atoms with Gasteiger partial charge in [0.1, 0.15) is 6.04 Å². The van der Waals surface area contributed by atoms with Crippen LogP contribution in [-0.2, 0) is 9.59 Å². The second-order valence-electron chi connectivity index (χ2n) is 4.15. The molecule has 0 aromatic carbocycles. The van der Waals surface area contributed by atoms with E-state index in [0.717, 1.165) is 0 Å². The zero-order chi connectivity index (χ0) is 14.3. The van der Waals surface area contributed by atoms with Gasteiger partial charge in [-0.3, -0.25) is 9.59 Å². The zero-order valence-electron chi connectivity index (χ0n) is 11.1. The topological polar surface area (TPSA) is 108 Å². The van der Waals surface area contributed by atoms with Gasteiger partial charge in [-0.1, -0.05) is 0 Å². The third-order valence-electron chi connectivity index (χ3n) is 2.59. The van der Waals surface area contributed by atoms with Crippen molar-refractivity contribution in [2.45, 2.75) is 39.8 Å². The molecular formula is C11H21N3O4. The van der Waals surface area contributed by atoms with E-state index in [-0.39, 0.29) is 5.91 Å². The molecule has 3 amide bonds. The minimum atomic E-state index is -0.987. The Morgan fingerprint density at radius 1 is 1.11 bits per heavy atom. The highest BCUT2D eigenvalue weighted by Gasteiger charge is 2.22. The van der Waals surface area contributed by atoms with Gasteiger partial charge in [0.05, 0.1) is 5.92 Å². The first-order chi connectivity index (χ1) is 8.29. The Hall–Kier alpha value is -1.79. The number of carbonyl (C=O) groups excluding carboxylic acids is 2. The van der Waals surface area contributed by atoms with Crippen molar-refractivity contribution >= 4 is 17.9 Å². The Morgan fingerprint density at radius 3 is 2.11 bits per heavy atom. The summed E-state index contributed by atoms with van der Waals surface area (Å²) in [6.45, 7) is 6.91. The molecule has 0 saturated heterocycles. The maximum atomic E-state index is 11.5. The number of nitrogens with one attached hydrogen (secondary N) is 3. The Morgan fingerprint density at radius 2 is 1.67 bits per heavy atom. The van der Waals surface area contributed by atoms with Crippen LogP contribution in [0.15, 0.2) is 0 Å². The summed E-state index contributed by atoms with van der Waals surface area (Å²) in [7, 11) is 0. The lowest BCUT2D eigenvalue weighted by molar-refractivity contribution is -0.141. The van der Waals surface area contributed by atoms with Gasteiger partial charge in [0, 0.05) is 12.6 Å². The van der Waals surface area contributed by atoms with Gasteiger partial charge in [0.25, 0.3) is 0 Å². The number of carbonyl (C=O) groups is 3. The first kappa shape index (κ1) is 16.2. The number of aliphatic carboxylic acids is 1. The number of carboxylic acid groups (broad SMARTS) is 1. The van der Waals surface area contributed by atoms with Gasteiger partial charge < -0.3 is 21.1 Å². The standard InChI is InChI=1S/C11H21N3O4/c1-5-12-9(15)8(4)14-11(18)13-7(3)6(2)10(16)17/h6-8H,5H2,1-4H3,(H,12,15)(H,16,17)(H2,13,14,18). The molecule has 0 aliphatic heterocycles. The van der Waals surface area contributed by atoms with Crippen molar-refractivity contribution in [3.05, 3.63) is 0 Å². The number of carboxylic acids is 1. The summed E-state index contributed by atoms with van der Waals surface area (Å²) in [5.41, 5.74) is 0. The summed E-state index contributed by atoms with van der Waals surface area (Å²) >= 11 is 0. The molecule has 0 bridgehead atoms. The summed E-state index contributed by atoms with van der Waals surface area (Å²) < 4.78 is 0. The number of rotatable bonds is 6. The normalized spacial score (nSPS) is 15.1. The number of likely N-dealkylation sites (N-methyl/N-ethyl adjacent to an activating group) is 1. The van der Waals surface area contributed by atoms with E-state index in [2.05, 4.69) is 16.0 Å². The second-order valence-corrected chi connectivity index (χ2v) is 4.15. The molecule has 104 valence electrons. The molecule has 3 unspecified atom stereocenters. The second kappa shape index (κ2) is 7.52. The van der Waals surface area contributed by atoms with Crippen LogP contribution in [0.25, 0.3) is 0 Å². The van der Waals surface area contributed by atoms with Crippen LogP contribution in [0.3, 0.4) is 0 Å². The number of hydrogen-bond donors (Lipinski definition) is 4. The average molecular weight is 259 g/mol. The van der Waals surface area contributed by atoms with Gasteiger partial charge in [0.15, 0.2) is 0 Å². The first-order valence-electron chi connectivity index (χ1n) is 5.87. The Labute approximate surface area is 106 Å². The fraction of sp³-hybridized carbons (Fsp3) is 0.727. The van der Waals surface area contributed by atoms with Gasteiger partial charge >= 0.3 is 12.0 Å². The van der Waals surface area contributed by atoms with E-state index in [0.29, 0.717) is 6.54 Å². The molecule has 7 nitrogen and oxygen atoms in total. The van der Waals surface area contributed by atoms with Gasteiger partial charge in [-0.15, -0.1) is 0 Å². The average Bonchev–Trinajstić information content (AvgIpc) is 2.27. The van der Waals surface area contributed by atoms with E-state index in [9.17, 15) is 14.4 Å². The molecule has 0 aliphatic carbocycles. The fourth-order valence-corrected chi connectivity index (χ4v) is 1.18.